The molecule has 0 aliphatic carbocycles. The zero-order chi connectivity index (χ0) is 13.9. The Morgan fingerprint density at radius 1 is 1.05 bits per heavy atom. The standard InChI is InChI=1S/C17H27NO/c1-14-10-15(13-18-8-6-5-7-9-18)12-16(11-14)19-17(2,3)4/h10-12H,5-9,13H2,1-4H3. The Hall–Kier alpha value is -1.02. The number of aryl methyl sites for hydroxylation is 1. The third kappa shape index (κ3) is 4.87. The van der Waals surface area contributed by atoms with Crippen molar-refractivity contribution in [3.8, 4) is 5.75 Å². The first-order valence-electron chi connectivity index (χ1n) is 7.44. The van der Waals surface area contributed by atoms with E-state index in [1.807, 2.05) is 0 Å². The molecule has 0 radical (unpaired) electrons. The minimum Gasteiger partial charge on any atom is -0.488 e. The van der Waals surface area contributed by atoms with Gasteiger partial charge in [0.25, 0.3) is 0 Å². The summed E-state index contributed by atoms with van der Waals surface area (Å²) in [4.78, 5) is 2.55. The highest BCUT2D eigenvalue weighted by Gasteiger charge is 2.14. The van der Waals surface area contributed by atoms with Crippen LogP contribution in [0.1, 0.15) is 51.2 Å². The smallest absolute Gasteiger partial charge is 0.120 e. The summed E-state index contributed by atoms with van der Waals surface area (Å²) >= 11 is 0. The predicted octanol–water partition coefficient (Wildman–Crippen LogP) is 4.16. The second-order valence-electron chi connectivity index (χ2n) is 6.71. The van der Waals surface area contributed by atoms with Gasteiger partial charge in [0.2, 0.25) is 0 Å². The van der Waals surface area contributed by atoms with Crippen LogP contribution in [0.5, 0.6) is 5.75 Å². The fourth-order valence-electron chi connectivity index (χ4n) is 2.70. The first kappa shape index (κ1) is 14.4. The van der Waals surface area contributed by atoms with Gasteiger partial charge in [-0.15, -0.1) is 0 Å². The molecule has 0 unspecified atom stereocenters. The van der Waals surface area contributed by atoms with E-state index in [2.05, 4.69) is 50.8 Å². The summed E-state index contributed by atoms with van der Waals surface area (Å²) < 4.78 is 5.99. The molecule has 1 aromatic rings. The SMILES string of the molecule is Cc1cc(CN2CCCCC2)cc(OC(C)(C)C)c1. The van der Waals surface area contributed by atoms with Crippen molar-refractivity contribution in [2.24, 2.45) is 0 Å². The van der Waals surface area contributed by atoms with Crippen molar-refractivity contribution >= 4 is 0 Å². The van der Waals surface area contributed by atoms with Gasteiger partial charge < -0.3 is 4.74 Å². The fraction of sp³-hybridized carbons (Fsp3) is 0.647. The van der Waals surface area contributed by atoms with E-state index in [4.69, 9.17) is 4.74 Å². The second kappa shape index (κ2) is 5.96. The van der Waals surface area contributed by atoms with Crippen molar-refractivity contribution in [3.63, 3.8) is 0 Å². The molecule has 1 heterocycles. The lowest BCUT2D eigenvalue weighted by Gasteiger charge is -2.27. The summed E-state index contributed by atoms with van der Waals surface area (Å²) in [6, 6.07) is 6.61. The summed E-state index contributed by atoms with van der Waals surface area (Å²) in [7, 11) is 0. The van der Waals surface area contributed by atoms with Gasteiger partial charge in [0.1, 0.15) is 11.4 Å². The Morgan fingerprint density at radius 2 is 1.74 bits per heavy atom. The van der Waals surface area contributed by atoms with E-state index in [1.165, 1.54) is 43.5 Å². The summed E-state index contributed by atoms with van der Waals surface area (Å²) in [6.45, 7) is 12.0. The molecule has 0 atom stereocenters. The van der Waals surface area contributed by atoms with Crippen LogP contribution in [0.4, 0.5) is 0 Å². The number of nitrogens with zero attached hydrogens (tertiary/aromatic N) is 1. The van der Waals surface area contributed by atoms with Gasteiger partial charge >= 0.3 is 0 Å². The monoisotopic (exact) mass is 261 g/mol. The Kier molecular flexibility index (Phi) is 4.51. The number of ether oxygens (including phenoxy) is 1. The third-order valence-electron chi connectivity index (χ3n) is 3.39. The van der Waals surface area contributed by atoms with E-state index >= 15 is 0 Å². The van der Waals surface area contributed by atoms with Crippen LogP contribution >= 0.6 is 0 Å². The molecule has 0 saturated carbocycles. The zero-order valence-electron chi connectivity index (χ0n) is 12.8. The average Bonchev–Trinajstić information content (AvgIpc) is 2.26. The van der Waals surface area contributed by atoms with Crippen LogP contribution in [0.15, 0.2) is 18.2 Å². The van der Waals surface area contributed by atoms with E-state index < -0.39 is 0 Å². The van der Waals surface area contributed by atoms with E-state index in [-0.39, 0.29) is 5.60 Å². The molecule has 2 heteroatoms. The van der Waals surface area contributed by atoms with Crippen molar-refractivity contribution in [2.75, 3.05) is 13.1 Å². The van der Waals surface area contributed by atoms with Gasteiger partial charge in [0.15, 0.2) is 0 Å². The van der Waals surface area contributed by atoms with E-state index in [0.717, 1.165) is 12.3 Å². The van der Waals surface area contributed by atoms with Crippen molar-refractivity contribution in [2.45, 2.75) is 59.1 Å². The van der Waals surface area contributed by atoms with Gasteiger partial charge in [-0.2, -0.15) is 0 Å². The molecule has 0 bridgehead atoms. The van der Waals surface area contributed by atoms with Crippen molar-refractivity contribution in [1.29, 1.82) is 0 Å². The summed E-state index contributed by atoms with van der Waals surface area (Å²) in [6.07, 6.45) is 4.08. The predicted molar refractivity (Wildman–Crippen MR) is 80.7 cm³/mol. The maximum absolute atomic E-state index is 5.99. The van der Waals surface area contributed by atoms with E-state index in [0.29, 0.717) is 0 Å². The molecule has 1 aliphatic rings. The zero-order valence-corrected chi connectivity index (χ0v) is 12.8. The fourth-order valence-corrected chi connectivity index (χ4v) is 2.70. The normalized spacial score (nSPS) is 17.5. The van der Waals surface area contributed by atoms with Crippen molar-refractivity contribution < 1.29 is 4.74 Å². The lowest BCUT2D eigenvalue weighted by molar-refractivity contribution is 0.130. The largest absolute Gasteiger partial charge is 0.488 e. The van der Waals surface area contributed by atoms with Crippen LogP contribution < -0.4 is 4.74 Å². The molecule has 0 aromatic heterocycles. The minimum atomic E-state index is -0.129. The molecule has 1 aromatic carbocycles. The van der Waals surface area contributed by atoms with Gasteiger partial charge in [-0.3, -0.25) is 4.90 Å². The summed E-state index contributed by atoms with van der Waals surface area (Å²) in [5.41, 5.74) is 2.53. The highest BCUT2D eigenvalue weighted by molar-refractivity contribution is 5.34. The minimum absolute atomic E-state index is 0.129. The molecule has 0 N–H and O–H groups in total. The maximum Gasteiger partial charge on any atom is 0.120 e. The Balaban J connectivity index is 2.07. The van der Waals surface area contributed by atoms with Gasteiger partial charge in [0, 0.05) is 6.54 Å². The molecule has 106 valence electrons. The molecule has 0 amide bonds. The highest BCUT2D eigenvalue weighted by atomic mass is 16.5. The maximum atomic E-state index is 5.99. The Morgan fingerprint density at radius 3 is 2.37 bits per heavy atom. The summed E-state index contributed by atoms with van der Waals surface area (Å²) in [5.74, 6) is 1.000. The summed E-state index contributed by atoms with van der Waals surface area (Å²) in [5, 5.41) is 0. The number of likely N-dealkylation sites (tertiary alicyclic amines) is 1. The van der Waals surface area contributed by atoms with Crippen LogP contribution in [-0.2, 0) is 6.54 Å². The van der Waals surface area contributed by atoms with Crippen molar-refractivity contribution in [3.05, 3.63) is 29.3 Å². The van der Waals surface area contributed by atoms with Gasteiger partial charge in [-0.05, 0) is 76.9 Å². The van der Waals surface area contributed by atoms with E-state index in [9.17, 15) is 0 Å². The number of hydrogen-bond donors (Lipinski definition) is 0. The lowest BCUT2D eigenvalue weighted by atomic mass is 10.1. The number of rotatable bonds is 3. The molecule has 19 heavy (non-hydrogen) atoms. The topological polar surface area (TPSA) is 12.5 Å². The number of hydrogen-bond acceptors (Lipinski definition) is 2. The molecular weight excluding hydrogens is 234 g/mol. The Bertz CT molecular complexity index is 414. The molecule has 2 nitrogen and oxygen atoms in total. The van der Waals surface area contributed by atoms with E-state index in [1.54, 1.807) is 0 Å². The molecular formula is C17H27NO. The van der Waals surface area contributed by atoms with Crippen LogP contribution in [0.25, 0.3) is 0 Å². The molecule has 1 fully saturated rings. The second-order valence-corrected chi connectivity index (χ2v) is 6.71. The molecule has 1 saturated heterocycles. The van der Waals surface area contributed by atoms with Gasteiger partial charge in [0.05, 0.1) is 0 Å². The first-order chi connectivity index (χ1) is 8.92. The first-order valence-corrected chi connectivity index (χ1v) is 7.44. The lowest BCUT2D eigenvalue weighted by Crippen LogP contribution is -2.29. The highest BCUT2D eigenvalue weighted by Crippen LogP contribution is 2.23. The van der Waals surface area contributed by atoms with Crippen LogP contribution in [0.2, 0.25) is 0 Å². The third-order valence-corrected chi connectivity index (χ3v) is 3.39. The molecule has 2 rings (SSSR count). The molecule has 1 aliphatic heterocycles. The molecule has 0 spiro atoms. The van der Waals surface area contributed by atoms with Crippen LogP contribution in [0, 0.1) is 6.92 Å². The van der Waals surface area contributed by atoms with Crippen molar-refractivity contribution in [1.82, 2.24) is 4.90 Å². The van der Waals surface area contributed by atoms with Gasteiger partial charge in [-0.1, -0.05) is 12.5 Å². The number of benzene rings is 1. The Labute approximate surface area is 117 Å². The van der Waals surface area contributed by atoms with Crippen LogP contribution in [-0.4, -0.2) is 23.6 Å². The van der Waals surface area contributed by atoms with Gasteiger partial charge in [-0.25, -0.2) is 0 Å². The number of piperidine rings is 1. The quantitative estimate of drug-likeness (QED) is 0.810. The van der Waals surface area contributed by atoms with Crippen LogP contribution in [0.3, 0.4) is 0 Å². The average molecular weight is 261 g/mol.